The highest BCUT2D eigenvalue weighted by Crippen LogP contribution is 2.28. The Morgan fingerprint density at radius 1 is 1.11 bits per heavy atom. The third-order valence-electron chi connectivity index (χ3n) is 4.80. The fourth-order valence-corrected chi connectivity index (χ4v) is 3.34. The molecule has 0 spiro atoms. The number of rotatable bonds is 4. The molecule has 28 heavy (non-hydrogen) atoms. The van der Waals surface area contributed by atoms with E-state index in [1.54, 1.807) is 18.7 Å². The van der Waals surface area contributed by atoms with Crippen molar-refractivity contribution in [2.24, 2.45) is 0 Å². The summed E-state index contributed by atoms with van der Waals surface area (Å²) in [6.45, 7) is 3.81. The molecule has 0 saturated carbocycles. The average molecular weight is 376 g/mol. The molecule has 1 aliphatic heterocycles. The second kappa shape index (κ2) is 7.31. The molecule has 0 saturated heterocycles. The van der Waals surface area contributed by atoms with Gasteiger partial charge in [0.25, 0.3) is 5.91 Å². The predicted octanol–water partition coefficient (Wildman–Crippen LogP) is 3.78. The van der Waals surface area contributed by atoms with Crippen molar-refractivity contribution < 1.29 is 18.7 Å². The van der Waals surface area contributed by atoms with E-state index in [4.69, 9.17) is 9.15 Å². The first-order valence-corrected chi connectivity index (χ1v) is 9.17. The summed E-state index contributed by atoms with van der Waals surface area (Å²) in [5.41, 5.74) is 2.84. The highest BCUT2D eigenvalue weighted by molar-refractivity contribution is 6.00. The Morgan fingerprint density at radius 3 is 2.61 bits per heavy atom. The number of hydrogen-bond acceptors (Lipinski definition) is 5. The molecule has 142 valence electrons. The van der Waals surface area contributed by atoms with Crippen LogP contribution in [0.2, 0.25) is 0 Å². The van der Waals surface area contributed by atoms with E-state index in [0.717, 1.165) is 23.2 Å². The van der Waals surface area contributed by atoms with Crippen molar-refractivity contribution in [2.75, 3.05) is 11.4 Å². The van der Waals surface area contributed by atoms with Gasteiger partial charge in [-0.3, -0.25) is 4.79 Å². The summed E-state index contributed by atoms with van der Waals surface area (Å²) >= 11 is 0. The van der Waals surface area contributed by atoms with E-state index in [-0.39, 0.29) is 11.6 Å². The average Bonchev–Trinajstić information content (AvgIpc) is 3.32. The van der Waals surface area contributed by atoms with Gasteiger partial charge in [0, 0.05) is 17.8 Å². The highest BCUT2D eigenvalue weighted by Gasteiger charge is 2.31. The summed E-state index contributed by atoms with van der Waals surface area (Å²) < 4.78 is 11.0. The molecule has 6 heteroatoms. The lowest BCUT2D eigenvalue weighted by Gasteiger charge is -2.21. The molecule has 1 amide bonds. The van der Waals surface area contributed by atoms with Crippen molar-refractivity contribution in [3.8, 4) is 11.5 Å². The van der Waals surface area contributed by atoms with Crippen LogP contribution in [0.4, 0.5) is 5.69 Å². The predicted molar refractivity (Wildman–Crippen MR) is 104 cm³/mol. The number of fused-ring (bicyclic) bond motifs is 1. The van der Waals surface area contributed by atoms with Gasteiger partial charge in [-0.2, -0.15) is 0 Å². The van der Waals surface area contributed by atoms with Gasteiger partial charge in [0.1, 0.15) is 5.76 Å². The van der Waals surface area contributed by atoms with E-state index in [2.05, 4.69) is 4.98 Å². The van der Waals surface area contributed by atoms with Crippen molar-refractivity contribution >= 4 is 17.6 Å². The standard InChI is InChI=1S/C22H20N2O4/c1-14-19(23-20(27-14)17-9-4-3-5-10-17)22(26)28-15(2)21(25)24-13-12-16-8-6-7-11-18(16)24/h3-11,15H,12-13H2,1-2H3/t15-/m0/s1. The number of amides is 1. The second-order valence-electron chi connectivity index (χ2n) is 6.71. The molecular weight excluding hydrogens is 356 g/mol. The van der Waals surface area contributed by atoms with Crippen LogP contribution in [-0.4, -0.2) is 29.5 Å². The minimum absolute atomic E-state index is 0.0836. The van der Waals surface area contributed by atoms with Crippen LogP contribution < -0.4 is 4.90 Å². The molecule has 0 N–H and O–H groups in total. The quantitative estimate of drug-likeness (QED) is 0.648. The monoisotopic (exact) mass is 376 g/mol. The van der Waals surface area contributed by atoms with Crippen molar-refractivity contribution in [3.05, 3.63) is 71.6 Å². The molecule has 1 atom stereocenters. The van der Waals surface area contributed by atoms with Gasteiger partial charge < -0.3 is 14.1 Å². The van der Waals surface area contributed by atoms with Gasteiger partial charge in [0.05, 0.1) is 0 Å². The molecule has 6 nitrogen and oxygen atoms in total. The molecule has 0 unspecified atom stereocenters. The first kappa shape index (κ1) is 18.0. The van der Waals surface area contributed by atoms with E-state index in [0.29, 0.717) is 18.2 Å². The van der Waals surface area contributed by atoms with Crippen LogP contribution in [0.3, 0.4) is 0 Å². The van der Waals surface area contributed by atoms with Crippen LogP contribution in [0.5, 0.6) is 0 Å². The Kier molecular flexibility index (Phi) is 4.69. The van der Waals surface area contributed by atoms with Crippen molar-refractivity contribution in [2.45, 2.75) is 26.4 Å². The van der Waals surface area contributed by atoms with Gasteiger partial charge in [-0.25, -0.2) is 9.78 Å². The van der Waals surface area contributed by atoms with Gasteiger partial charge >= 0.3 is 5.97 Å². The summed E-state index contributed by atoms with van der Waals surface area (Å²) in [5.74, 6) is -0.216. The van der Waals surface area contributed by atoms with Gasteiger partial charge in [-0.15, -0.1) is 0 Å². The van der Waals surface area contributed by atoms with E-state index < -0.39 is 12.1 Å². The van der Waals surface area contributed by atoms with Crippen LogP contribution in [-0.2, 0) is 16.0 Å². The molecule has 2 heterocycles. The zero-order valence-electron chi connectivity index (χ0n) is 15.7. The molecule has 4 rings (SSSR count). The summed E-state index contributed by atoms with van der Waals surface area (Å²) in [6.07, 6.45) is -0.124. The maximum atomic E-state index is 12.8. The zero-order chi connectivity index (χ0) is 19.7. The van der Waals surface area contributed by atoms with Crippen LogP contribution in [0, 0.1) is 6.92 Å². The number of esters is 1. The summed E-state index contributed by atoms with van der Waals surface area (Å²) in [5, 5.41) is 0. The van der Waals surface area contributed by atoms with E-state index in [1.165, 1.54) is 0 Å². The summed E-state index contributed by atoms with van der Waals surface area (Å²) in [7, 11) is 0. The minimum Gasteiger partial charge on any atom is -0.448 e. The number of carbonyl (C=O) groups excluding carboxylic acids is 2. The Hall–Kier alpha value is -3.41. The number of carbonyl (C=O) groups is 2. The normalized spacial score (nSPS) is 13.9. The Labute approximate surface area is 162 Å². The lowest BCUT2D eigenvalue weighted by molar-refractivity contribution is -0.126. The number of para-hydroxylation sites is 1. The van der Waals surface area contributed by atoms with Crippen molar-refractivity contribution in [1.82, 2.24) is 4.98 Å². The number of ether oxygens (including phenoxy) is 1. The second-order valence-corrected chi connectivity index (χ2v) is 6.71. The van der Waals surface area contributed by atoms with Crippen LogP contribution >= 0.6 is 0 Å². The molecular formula is C22H20N2O4. The summed E-state index contributed by atoms with van der Waals surface area (Å²) in [4.78, 5) is 31.3. The third-order valence-corrected chi connectivity index (χ3v) is 4.80. The maximum Gasteiger partial charge on any atom is 0.361 e. The largest absolute Gasteiger partial charge is 0.448 e. The van der Waals surface area contributed by atoms with E-state index in [1.807, 2.05) is 54.6 Å². The first-order valence-electron chi connectivity index (χ1n) is 9.17. The molecule has 0 aliphatic carbocycles. The molecule has 0 fully saturated rings. The van der Waals surface area contributed by atoms with E-state index >= 15 is 0 Å². The third kappa shape index (κ3) is 3.29. The molecule has 3 aromatic rings. The molecule has 0 radical (unpaired) electrons. The number of oxazole rings is 1. The number of aromatic nitrogens is 1. The maximum absolute atomic E-state index is 12.8. The van der Waals surface area contributed by atoms with Crippen LogP contribution in [0.25, 0.3) is 11.5 Å². The van der Waals surface area contributed by atoms with Gasteiger partial charge in [-0.05, 0) is 44.0 Å². The fourth-order valence-electron chi connectivity index (χ4n) is 3.34. The van der Waals surface area contributed by atoms with Crippen LogP contribution in [0.1, 0.15) is 28.7 Å². The Balaban J connectivity index is 1.48. The van der Waals surface area contributed by atoms with Crippen molar-refractivity contribution in [3.63, 3.8) is 0 Å². The molecule has 2 aromatic carbocycles. The minimum atomic E-state index is -0.921. The van der Waals surface area contributed by atoms with E-state index in [9.17, 15) is 9.59 Å². The van der Waals surface area contributed by atoms with Gasteiger partial charge in [-0.1, -0.05) is 36.4 Å². The lowest BCUT2D eigenvalue weighted by atomic mass is 10.2. The summed E-state index contributed by atoms with van der Waals surface area (Å²) in [6, 6.07) is 17.1. The SMILES string of the molecule is Cc1oc(-c2ccccc2)nc1C(=O)O[C@@H](C)C(=O)N1CCc2ccccc21. The van der Waals surface area contributed by atoms with Gasteiger partial charge in [0.2, 0.25) is 5.89 Å². The molecule has 0 bridgehead atoms. The smallest absolute Gasteiger partial charge is 0.361 e. The number of anilines is 1. The zero-order valence-corrected chi connectivity index (χ0v) is 15.7. The Bertz CT molecular complexity index is 1030. The fraction of sp³-hybridized carbons (Fsp3) is 0.227. The lowest BCUT2D eigenvalue weighted by Crippen LogP contribution is -2.39. The van der Waals surface area contributed by atoms with Gasteiger partial charge in [0.15, 0.2) is 11.8 Å². The molecule has 1 aromatic heterocycles. The Morgan fingerprint density at radius 2 is 1.82 bits per heavy atom. The number of nitrogens with zero attached hydrogens (tertiary/aromatic N) is 2. The number of benzene rings is 2. The first-order chi connectivity index (χ1) is 13.5. The highest BCUT2D eigenvalue weighted by atomic mass is 16.5. The molecule has 1 aliphatic rings. The van der Waals surface area contributed by atoms with Crippen molar-refractivity contribution in [1.29, 1.82) is 0 Å². The number of aryl methyl sites for hydroxylation is 1. The topological polar surface area (TPSA) is 72.6 Å². The number of hydrogen-bond donors (Lipinski definition) is 0. The van der Waals surface area contributed by atoms with Crippen LogP contribution in [0.15, 0.2) is 59.0 Å².